The minimum atomic E-state index is -0.835. The zero-order chi connectivity index (χ0) is 13.1. The molecule has 0 radical (unpaired) electrons. The van der Waals surface area contributed by atoms with Crippen molar-refractivity contribution in [1.82, 2.24) is 4.98 Å². The van der Waals surface area contributed by atoms with E-state index in [0.717, 1.165) is 5.56 Å². The molecule has 0 spiro atoms. The largest absolute Gasteiger partial charge is 0.386 e. The first-order valence-electron chi connectivity index (χ1n) is 5.61. The molecular formula is C14H13ClFNO. The normalized spacial score (nSPS) is 12.4. The molecule has 0 aliphatic heterocycles. The Balaban J connectivity index is 2.18. The summed E-state index contributed by atoms with van der Waals surface area (Å²) in [5.74, 6) is -0.370. The van der Waals surface area contributed by atoms with Crippen LogP contribution in [-0.4, -0.2) is 10.1 Å². The number of hydrogen-bond acceptors (Lipinski definition) is 2. The number of pyridine rings is 1. The van der Waals surface area contributed by atoms with Crippen LogP contribution in [0.1, 0.15) is 22.9 Å². The van der Waals surface area contributed by atoms with Gasteiger partial charge in [-0.3, -0.25) is 4.98 Å². The summed E-state index contributed by atoms with van der Waals surface area (Å²) in [5, 5.41) is 10.5. The number of aromatic nitrogens is 1. The van der Waals surface area contributed by atoms with Gasteiger partial charge in [0.05, 0.1) is 5.69 Å². The van der Waals surface area contributed by atoms with Crippen molar-refractivity contribution >= 4 is 11.6 Å². The summed E-state index contributed by atoms with van der Waals surface area (Å²) in [7, 11) is 0. The molecule has 1 heterocycles. The van der Waals surface area contributed by atoms with Gasteiger partial charge in [0, 0.05) is 17.6 Å². The summed E-state index contributed by atoms with van der Waals surface area (Å²) >= 11 is 5.80. The van der Waals surface area contributed by atoms with Gasteiger partial charge in [-0.05, 0) is 42.3 Å². The van der Waals surface area contributed by atoms with Crippen molar-refractivity contribution in [1.29, 1.82) is 0 Å². The molecule has 2 aromatic rings. The number of rotatable bonds is 3. The summed E-state index contributed by atoms with van der Waals surface area (Å²) in [5.41, 5.74) is 1.93. The Kier molecular flexibility index (Phi) is 3.94. The molecule has 2 rings (SSSR count). The van der Waals surface area contributed by atoms with E-state index in [1.807, 2.05) is 13.0 Å². The van der Waals surface area contributed by atoms with E-state index in [9.17, 15) is 9.50 Å². The molecule has 0 aliphatic rings. The van der Waals surface area contributed by atoms with E-state index in [1.165, 1.54) is 18.2 Å². The fourth-order valence-corrected chi connectivity index (χ4v) is 1.88. The first-order valence-corrected chi connectivity index (χ1v) is 5.98. The van der Waals surface area contributed by atoms with Crippen LogP contribution in [0.4, 0.5) is 4.39 Å². The molecular weight excluding hydrogens is 253 g/mol. The predicted molar refractivity (Wildman–Crippen MR) is 69.0 cm³/mol. The van der Waals surface area contributed by atoms with Crippen LogP contribution in [0.3, 0.4) is 0 Å². The van der Waals surface area contributed by atoms with E-state index in [1.54, 1.807) is 12.3 Å². The van der Waals surface area contributed by atoms with Crippen LogP contribution in [0.5, 0.6) is 0 Å². The molecule has 0 fully saturated rings. The lowest BCUT2D eigenvalue weighted by molar-refractivity contribution is 0.172. The first kappa shape index (κ1) is 13.0. The fourth-order valence-electron chi connectivity index (χ4n) is 1.69. The summed E-state index contributed by atoms with van der Waals surface area (Å²) in [4.78, 5) is 4.12. The summed E-state index contributed by atoms with van der Waals surface area (Å²) in [6.07, 6.45) is 0.994. The minimum absolute atomic E-state index is 0.155. The highest BCUT2D eigenvalue weighted by molar-refractivity contribution is 6.30. The van der Waals surface area contributed by atoms with Gasteiger partial charge in [-0.1, -0.05) is 17.7 Å². The smallest absolute Gasteiger partial charge is 0.126 e. The standard InChI is InChI=1S/C14H13ClFNO/c1-9-2-5-13(17-8-9)14(18)7-10-6-11(15)3-4-12(10)16/h2-6,8,14,18H,7H2,1H3. The van der Waals surface area contributed by atoms with Gasteiger partial charge in [0.2, 0.25) is 0 Å². The van der Waals surface area contributed by atoms with Crippen LogP contribution in [0.2, 0.25) is 5.02 Å². The second-order valence-corrected chi connectivity index (χ2v) is 4.65. The molecule has 0 saturated heterocycles. The molecule has 18 heavy (non-hydrogen) atoms. The quantitative estimate of drug-likeness (QED) is 0.922. The van der Waals surface area contributed by atoms with E-state index in [-0.39, 0.29) is 12.2 Å². The van der Waals surface area contributed by atoms with Crippen molar-refractivity contribution in [3.63, 3.8) is 0 Å². The van der Waals surface area contributed by atoms with Crippen molar-refractivity contribution in [3.8, 4) is 0 Å². The Labute approximate surface area is 110 Å². The molecule has 1 N–H and O–H groups in total. The first-order chi connectivity index (χ1) is 8.56. The number of aryl methyl sites for hydroxylation is 1. The Hall–Kier alpha value is -1.45. The van der Waals surface area contributed by atoms with Crippen LogP contribution >= 0.6 is 11.6 Å². The molecule has 0 aliphatic carbocycles. The predicted octanol–water partition coefficient (Wildman–Crippen LogP) is 3.46. The van der Waals surface area contributed by atoms with Gasteiger partial charge in [-0.2, -0.15) is 0 Å². The van der Waals surface area contributed by atoms with Gasteiger partial charge in [0.15, 0.2) is 0 Å². The topological polar surface area (TPSA) is 33.1 Å². The Morgan fingerprint density at radius 3 is 2.78 bits per heavy atom. The van der Waals surface area contributed by atoms with Crippen LogP contribution in [0.15, 0.2) is 36.5 Å². The van der Waals surface area contributed by atoms with E-state index in [0.29, 0.717) is 16.3 Å². The van der Waals surface area contributed by atoms with Crippen LogP contribution in [0, 0.1) is 12.7 Å². The third-order valence-electron chi connectivity index (χ3n) is 2.70. The van der Waals surface area contributed by atoms with Crippen LogP contribution in [0.25, 0.3) is 0 Å². The van der Waals surface area contributed by atoms with Gasteiger partial charge in [0.1, 0.15) is 11.9 Å². The Morgan fingerprint density at radius 1 is 1.33 bits per heavy atom. The zero-order valence-electron chi connectivity index (χ0n) is 9.90. The van der Waals surface area contributed by atoms with E-state index in [4.69, 9.17) is 11.6 Å². The molecule has 94 valence electrons. The lowest BCUT2D eigenvalue weighted by atomic mass is 10.0. The monoisotopic (exact) mass is 265 g/mol. The number of aliphatic hydroxyl groups excluding tert-OH is 1. The second-order valence-electron chi connectivity index (χ2n) is 4.22. The van der Waals surface area contributed by atoms with Crippen LogP contribution < -0.4 is 0 Å². The highest BCUT2D eigenvalue weighted by Crippen LogP contribution is 2.21. The molecule has 0 saturated carbocycles. The Morgan fingerprint density at radius 2 is 2.11 bits per heavy atom. The molecule has 2 nitrogen and oxygen atoms in total. The maximum Gasteiger partial charge on any atom is 0.126 e. The zero-order valence-corrected chi connectivity index (χ0v) is 10.7. The lowest BCUT2D eigenvalue weighted by Crippen LogP contribution is -2.05. The molecule has 1 aromatic carbocycles. The molecule has 1 atom stereocenters. The van der Waals surface area contributed by atoms with Crippen molar-refractivity contribution < 1.29 is 9.50 Å². The van der Waals surface area contributed by atoms with Crippen molar-refractivity contribution in [2.45, 2.75) is 19.4 Å². The van der Waals surface area contributed by atoms with Crippen molar-refractivity contribution in [2.75, 3.05) is 0 Å². The second kappa shape index (κ2) is 5.46. The number of halogens is 2. The molecule has 0 amide bonds. The van der Waals surface area contributed by atoms with Gasteiger partial charge < -0.3 is 5.11 Å². The minimum Gasteiger partial charge on any atom is -0.386 e. The average Bonchev–Trinajstić information content (AvgIpc) is 2.34. The van der Waals surface area contributed by atoms with E-state index in [2.05, 4.69) is 4.98 Å². The summed E-state index contributed by atoms with van der Waals surface area (Å²) in [6, 6.07) is 7.90. The number of benzene rings is 1. The van der Waals surface area contributed by atoms with E-state index < -0.39 is 6.10 Å². The molecule has 0 bridgehead atoms. The van der Waals surface area contributed by atoms with E-state index >= 15 is 0 Å². The maximum absolute atomic E-state index is 13.5. The fraction of sp³-hybridized carbons (Fsp3) is 0.214. The highest BCUT2D eigenvalue weighted by atomic mass is 35.5. The van der Waals surface area contributed by atoms with Gasteiger partial charge in [0.25, 0.3) is 0 Å². The third kappa shape index (κ3) is 3.06. The average molecular weight is 266 g/mol. The number of nitrogens with zero attached hydrogens (tertiary/aromatic N) is 1. The summed E-state index contributed by atoms with van der Waals surface area (Å²) in [6.45, 7) is 1.92. The molecule has 4 heteroatoms. The van der Waals surface area contributed by atoms with Crippen molar-refractivity contribution in [3.05, 3.63) is 64.2 Å². The third-order valence-corrected chi connectivity index (χ3v) is 2.93. The Bertz CT molecular complexity index is 542. The lowest BCUT2D eigenvalue weighted by Gasteiger charge is -2.11. The van der Waals surface area contributed by atoms with Gasteiger partial charge in [-0.15, -0.1) is 0 Å². The van der Waals surface area contributed by atoms with Gasteiger partial charge >= 0.3 is 0 Å². The number of hydrogen-bond donors (Lipinski definition) is 1. The SMILES string of the molecule is Cc1ccc(C(O)Cc2cc(Cl)ccc2F)nc1. The molecule has 1 aromatic heterocycles. The highest BCUT2D eigenvalue weighted by Gasteiger charge is 2.13. The summed E-state index contributed by atoms with van der Waals surface area (Å²) < 4.78 is 13.5. The van der Waals surface area contributed by atoms with Crippen molar-refractivity contribution in [2.24, 2.45) is 0 Å². The van der Waals surface area contributed by atoms with Gasteiger partial charge in [-0.25, -0.2) is 4.39 Å². The maximum atomic E-state index is 13.5. The number of aliphatic hydroxyl groups is 1. The van der Waals surface area contributed by atoms with Crippen LogP contribution in [-0.2, 0) is 6.42 Å². The molecule has 1 unspecified atom stereocenters.